The molecule has 2 N–H and O–H groups in total. The summed E-state index contributed by atoms with van der Waals surface area (Å²) in [5.41, 5.74) is 1.09. The Kier molecular flexibility index (Phi) is 7.09. The van der Waals surface area contributed by atoms with Gasteiger partial charge in [0.15, 0.2) is 6.10 Å². The van der Waals surface area contributed by atoms with E-state index in [-0.39, 0.29) is 28.3 Å². The van der Waals surface area contributed by atoms with Crippen LogP contribution in [0.3, 0.4) is 0 Å². The van der Waals surface area contributed by atoms with Crippen molar-refractivity contribution in [3.8, 4) is 23.0 Å². The molecule has 7 rings (SSSR count). The molecule has 3 aromatic rings. The van der Waals surface area contributed by atoms with E-state index < -0.39 is 29.9 Å². The highest BCUT2D eigenvalue weighted by Crippen LogP contribution is 2.53. The molecule has 0 spiro atoms. The number of hydrogen-bond donors (Lipinski definition) is 2. The first-order valence-corrected chi connectivity index (χ1v) is 15.5. The van der Waals surface area contributed by atoms with Gasteiger partial charge in [0.05, 0.1) is 11.3 Å². The maximum absolute atomic E-state index is 14.3. The normalized spacial score (nSPS) is 21.2. The maximum Gasteiger partial charge on any atom is 0.419 e. The Hall–Kier alpha value is -4.58. The Morgan fingerprint density at radius 3 is 2.51 bits per heavy atom. The number of rotatable bonds is 6. The summed E-state index contributed by atoms with van der Waals surface area (Å²) in [6, 6.07) is 10.5. The molecule has 4 aliphatic rings. The summed E-state index contributed by atoms with van der Waals surface area (Å²) in [5.74, 6) is 1.11. The van der Waals surface area contributed by atoms with E-state index in [1.807, 2.05) is 7.05 Å². The number of halogens is 3. The summed E-state index contributed by atoms with van der Waals surface area (Å²) in [6.45, 7) is 8.21. The molecule has 1 saturated heterocycles. The first-order chi connectivity index (χ1) is 22.1. The highest BCUT2D eigenvalue weighted by Gasteiger charge is 2.48. The quantitative estimate of drug-likeness (QED) is 0.306. The molecule has 47 heavy (non-hydrogen) atoms. The molecule has 0 radical (unpaired) electrons. The Labute approximate surface area is 270 Å². The first kappa shape index (κ1) is 31.0. The van der Waals surface area contributed by atoms with Crippen LogP contribution in [0, 0.1) is 0 Å². The summed E-state index contributed by atoms with van der Waals surface area (Å²) in [4.78, 5) is 31.4. The van der Waals surface area contributed by atoms with Crippen LogP contribution in [-0.2, 0) is 17.4 Å². The fraction of sp³-hybridized carbons (Fsp3) is 0.400. The van der Waals surface area contributed by atoms with Gasteiger partial charge in [0, 0.05) is 58.8 Å². The molecule has 12 heteroatoms. The number of aromatic nitrogens is 1. The lowest BCUT2D eigenvalue weighted by atomic mass is 9.78. The number of ether oxygens (including phenoxy) is 3. The zero-order chi connectivity index (χ0) is 33.5. The number of nitrogens with one attached hydrogen (secondary N) is 2. The smallest absolute Gasteiger partial charge is 0.419 e. The molecular weight excluding hydrogens is 613 g/mol. The van der Waals surface area contributed by atoms with Gasteiger partial charge in [-0.2, -0.15) is 13.2 Å². The number of alkyl halides is 3. The molecule has 1 unspecified atom stereocenters. The summed E-state index contributed by atoms with van der Waals surface area (Å²) < 4.78 is 60.9. The number of amides is 2. The standard InChI is InChI=1S/C35H35F3N4O5/c1-33(2)16-20(17-34(3,4)42(33)5)46-26-9-6-18(14-23(26)35(36,37)38)32(44)41-29-28-22-15-19(7-10-24(22)47-30(28)29)45-25-12-13-39-31-21(25)8-11-27(43)40-31/h6-7,9-10,12-15,20,30H,8,11,16-17H2,1-5H3,(H,41,44)(H,39,40,43). The first-order valence-electron chi connectivity index (χ1n) is 15.5. The lowest BCUT2D eigenvalue weighted by Crippen LogP contribution is -2.60. The van der Waals surface area contributed by atoms with Crippen LogP contribution in [0.15, 0.2) is 54.4 Å². The number of piperidine rings is 1. The van der Waals surface area contributed by atoms with Crippen LogP contribution < -0.4 is 24.8 Å². The van der Waals surface area contributed by atoms with Crippen LogP contribution in [-0.4, -0.2) is 52.0 Å². The minimum atomic E-state index is -4.72. The van der Waals surface area contributed by atoms with Gasteiger partial charge in [-0.3, -0.25) is 14.5 Å². The number of nitrogens with zero attached hydrogens (tertiary/aromatic N) is 2. The molecule has 246 valence electrons. The van der Waals surface area contributed by atoms with Crippen molar-refractivity contribution in [3.05, 3.63) is 76.6 Å². The van der Waals surface area contributed by atoms with Crippen LogP contribution in [0.5, 0.6) is 23.0 Å². The molecule has 2 amide bonds. The molecule has 3 aliphatic heterocycles. The van der Waals surface area contributed by atoms with Gasteiger partial charge in [0.2, 0.25) is 5.91 Å². The molecule has 2 aromatic carbocycles. The Morgan fingerprint density at radius 1 is 1.04 bits per heavy atom. The van der Waals surface area contributed by atoms with E-state index in [2.05, 4.69) is 48.2 Å². The Morgan fingerprint density at radius 2 is 1.79 bits per heavy atom. The number of hydrogen-bond acceptors (Lipinski definition) is 7. The summed E-state index contributed by atoms with van der Waals surface area (Å²) >= 11 is 0. The number of anilines is 1. The topological polar surface area (TPSA) is 102 Å². The van der Waals surface area contributed by atoms with Crippen LogP contribution in [0.2, 0.25) is 0 Å². The van der Waals surface area contributed by atoms with Crippen LogP contribution in [0.25, 0.3) is 5.57 Å². The van der Waals surface area contributed by atoms with Crippen molar-refractivity contribution in [2.24, 2.45) is 0 Å². The van der Waals surface area contributed by atoms with Crippen LogP contribution in [0.4, 0.5) is 19.0 Å². The second kappa shape index (κ2) is 10.7. The lowest BCUT2D eigenvalue weighted by molar-refractivity contribution is -0.140. The maximum atomic E-state index is 14.3. The molecule has 1 fully saturated rings. The van der Waals surface area contributed by atoms with Crippen molar-refractivity contribution < 1.29 is 37.0 Å². The zero-order valence-corrected chi connectivity index (χ0v) is 26.7. The van der Waals surface area contributed by atoms with Crippen molar-refractivity contribution in [2.45, 2.75) is 82.8 Å². The van der Waals surface area contributed by atoms with E-state index in [1.54, 1.807) is 30.5 Å². The fourth-order valence-electron chi connectivity index (χ4n) is 6.96. The predicted octanol–water partition coefficient (Wildman–Crippen LogP) is 6.72. The third kappa shape index (κ3) is 5.68. The van der Waals surface area contributed by atoms with E-state index in [4.69, 9.17) is 14.2 Å². The van der Waals surface area contributed by atoms with Gasteiger partial charge in [-0.25, -0.2) is 4.98 Å². The summed E-state index contributed by atoms with van der Waals surface area (Å²) in [6.07, 6.45) is -2.14. The van der Waals surface area contributed by atoms with Gasteiger partial charge in [-0.15, -0.1) is 0 Å². The van der Waals surface area contributed by atoms with Gasteiger partial charge in [-0.1, -0.05) is 0 Å². The van der Waals surface area contributed by atoms with Gasteiger partial charge in [0.25, 0.3) is 5.91 Å². The predicted molar refractivity (Wildman–Crippen MR) is 168 cm³/mol. The number of benzene rings is 2. The second-order valence-corrected chi connectivity index (χ2v) is 13.8. The van der Waals surface area contributed by atoms with E-state index in [1.165, 1.54) is 12.1 Å². The van der Waals surface area contributed by atoms with E-state index in [0.717, 1.165) is 22.8 Å². The van der Waals surface area contributed by atoms with E-state index in [9.17, 15) is 22.8 Å². The highest BCUT2D eigenvalue weighted by molar-refractivity contribution is 6.02. The fourth-order valence-corrected chi connectivity index (χ4v) is 6.96. The lowest BCUT2D eigenvalue weighted by Gasteiger charge is -2.53. The number of likely N-dealkylation sites (tertiary alicyclic amines) is 1. The molecule has 4 heterocycles. The molecule has 1 atom stereocenters. The number of carbonyl (C=O) groups is 2. The van der Waals surface area contributed by atoms with Gasteiger partial charge in [-0.05, 0) is 83.6 Å². The van der Waals surface area contributed by atoms with Gasteiger partial charge < -0.3 is 24.8 Å². The van der Waals surface area contributed by atoms with Crippen molar-refractivity contribution in [3.63, 3.8) is 0 Å². The summed E-state index contributed by atoms with van der Waals surface area (Å²) in [5, 5.41) is 5.50. The Bertz CT molecular complexity index is 1830. The Balaban J connectivity index is 1.08. The van der Waals surface area contributed by atoms with E-state index in [0.29, 0.717) is 54.4 Å². The molecule has 1 aliphatic carbocycles. The highest BCUT2D eigenvalue weighted by atomic mass is 19.4. The molecule has 9 nitrogen and oxygen atoms in total. The van der Waals surface area contributed by atoms with Crippen molar-refractivity contribution in [1.29, 1.82) is 0 Å². The van der Waals surface area contributed by atoms with Crippen molar-refractivity contribution >= 4 is 23.2 Å². The van der Waals surface area contributed by atoms with Crippen molar-refractivity contribution in [2.75, 3.05) is 12.4 Å². The third-order valence-electron chi connectivity index (χ3n) is 9.68. The minimum absolute atomic E-state index is 0.0991. The van der Waals surface area contributed by atoms with Gasteiger partial charge in [0.1, 0.15) is 34.9 Å². The largest absolute Gasteiger partial charge is 0.490 e. The van der Waals surface area contributed by atoms with Gasteiger partial charge >= 0.3 is 6.18 Å². The molecule has 1 aromatic heterocycles. The molecular formula is C35H35F3N4O5. The minimum Gasteiger partial charge on any atom is -0.490 e. The average molecular weight is 649 g/mol. The van der Waals surface area contributed by atoms with Crippen LogP contribution >= 0.6 is 0 Å². The summed E-state index contributed by atoms with van der Waals surface area (Å²) in [7, 11) is 2.02. The monoisotopic (exact) mass is 648 g/mol. The number of fused-ring (bicyclic) bond motifs is 4. The number of pyridine rings is 1. The van der Waals surface area contributed by atoms with Crippen molar-refractivity contribution in [1.82, 2.24) is 15.2 Å². The van der Waals surface area contributed by atoms with E-state index >= 15 is 0 Å². The zero-order valence-electron chi connectivity index (χ0n) is 26.7. The van der Waals surface area contributed by atoms with Crippen LogP contribution in [0.1, 0.15) is 74.0 Å². The average Bonchev–Trinajstić information content (AvgIpc) is 3.51. The SMILES string of the molecule is CN1C(C)(C)CC(Oc2ccc(C(=O)NC3=C4c5cc(Oc6ccnc7c6CCC(=O)N7)ccc5OC34)cc2C(F)(F)F)CC1(C)C. The number of carbonyl (C=O) groups excluding carboxylic acids is 2. The molecule has 0 bridgehead atoms. The second-order valence-electron chi connectivity index (χ2n) is 13.8. The molecule has 0 saturated carbocycles. The third-order valence-corrected chi connectivity index (χ3v) is 9.68.